The van der Waals surface area contributed by atoms with Gasteiger partial charge in [0, 0.05) is 44.4 Å². The molecule has 0 atom stereocenters. The van der Waals surface area contributed by atoms with Crippen LogP contribution in [0.15, 0.2) is 0 Å². The van der Waals surface area contributed by atoms with E-state index >= 15 is 0 Å². The normalized spacial score (nSPS) is 15.5. The van der Waals surface area contributed by atoms with Crippen LogP contribution in [0.2, 0.25) is 0 Å². The van der Waals surface area contributed by atoms with Crippen LogP contribution in [0.3, 0.4) is 0 Å². The predicted octanol–water partition coefficient (Wildman–Crippen LogP) is 0.916. The quantitative estimate of drug-likeness (QED) is 0.844. The number of hydrogen-bond donors (Lipinski definition) is 1. The van der Waals surface area contributed by atoms with Crippen molar-refractivity contribution in [3.8, 4) is 0 Å². The van der Waals surface area contributed by atoms with Gasteiger partial charge in [-0.1, -0.05) is 6.92 Å². The van der Waals surface area contributed by atoms with Crippen molar-refractivity contribution in [2.24, 2.45) is 0 Å². The third kappa shape index (κ3) is 3.79. The van der Waals surface area contributed by atoms with Crippen LogP contribution in [0.4, 0.5) is 0 Å². The highest BCUT2D eigenvalue weighted by Crippen LogP contribution is 2.18. The SMILES string of the molecule is CCCc1nc2c(n1CCCS(C)(=O)=O)CCNC2. The zero-order chi connectivity index (χ0) is 13.9. The van der Waals surface area contributed by atoms with Crippen molar-refractivity contribution in [3.05, 3.63) is 17.2 Å². The smallest absolute Gasteiger partial charge is 0.147 e. The molecule has 0 fully saturated rings. The van der Waals surface area contributed by atoms with E-state index < -0.39 is 9.84 Å². The molecule has 0 unspecified atom stereocenters. The summed E-state index contributed by atoms with van der Waals surface area (Å²) in [7, 11) is -2.87. The fraction of sp³-hybridized carbons (Fsp3) is 0.769. The molecule has 0 amide bonds. The molecule has 2 rings (SSSR count). The molecule has 0 aliphatic carbocycles. The van der Waals surface area contributed by atoms with Crippen LogP contribution in [0.1, 0.15) is 37.0 Å². The summed E-state index contributed by atoms with van der Waals surface area (Å²) in [5.74, 6) is 1.37. The van der Waals surface area contributed by atoms with Crippen LogP contribution in [-0.4, -0.2) is 36.5 Å². The number of nitrogens with zero attached hydrogens (tertiary/aromatic N) is 2. The Balaban J connectivity index is 2.14. The van der Waals surface area contributed by atoms with Crippen molar-refractivity contribution in [1.82, 2.24) is 14.9 Å². The van der Waals surface area contributed by atoms with Crippen molar-refractivity contribution < 1.29 is 8.42 Å². The number of hydrogen-bond acceptors (Lipinski definition) is 4. The highest BCUT2D eigenvalue weighted by atomic mass is 32.2. The van der Waals surface area contributed by atoms with Gasteiger partial charge in [-0.05, 0) is 12.8 Å². The summed E-state index contributed by atoms with van der Waals surface area (Å²) in [6, 6.07) is 0. The number of nitrogens with one attached hydrogen (secondary N) is 1. The molecule has 0 saturated heterocycles. The average Bonchev–Trinajstić information content (AvgIpc) is 2.67. The number of imidazole rings is 1. The number of sulfone groups is 1. The van der Waals surface area contributed by atoms with Gasteiger partial charge in [0.1, 0.15) is 15.7 Å². The molecular formula is C13H23N3O2S. The topological polar surface area (TPSA) is 64.0 Å². The van der Waals surface area contributed by atoms with Gasteiger partial charge in [-0.3, -0.25) is 0 Å². The molecule has 1 N–H and O–H groups in total. The summed E-state index contributed by atoms with van der Waals surface area (Å²) in [5.41, 5.74) is 2.45. The maximum Gasteiger partial charge on any atom is 0.147 e. The number of rotatable bonds is 6. The predicted molar refractivity (Wildman–Crippen MR) is 76.0 cm³/mol. The maximum absolute atomic E-state index is 11.2. The first-order valence-electron chi connectivity index (χ1n) is 6.97. The maximum atomic E-state index is 11.2. The first kappa shape index (κ1) is 14.5. The minimum absolute atomic E-state index is 0.254. The largest absolute Gasteiger partial charge is 0.332 e. The Morgan fingerprint density at radius 3 is 2.89 bits per heavy atom. The second kappa shape index (κ2) is 6.05. The van der Waals surface area contributed by atoms with Crippen LogP contribution in [-0.2, 0) is 35.8 Å². The standard InChI is InChI=1S/C13H23N3O2S/c1-3-5-13-15-11-10-14-7-6-12(11)16(13)8-4-9-19(2,17)18/h14H,3-10H2,1-2H3. The Labute approximate surface area is 115 Å². The van der Waals surface area contributed by atoms with E-state index in [0.717, 1.165) is 50.4 Å². The molecular weight excluding hydrogens is 262 g/mol. The molecule has 19 heavy (non-hydrogen) atoms. The third-order valence-electron chi connectivity index (χ3n) is 3.44. The van der Waals surface area contributed by atoms with Gasteiger partial charge in [-0.2, -0.15) is 0 Å². The van der Waals surface area contributed by atoms with E-state index in [1.54, 1.807) is 0 Å². The second-order valence-corrected chi connectivity index (χ2v) is 7.49. The van der Waals surface area contributed by atoms with E-state index in [4.69, 9.17) is 4.98 Å². The van der Waals surface area contributed by atoms with Crippen molar-refractivity contribution in [2.75, 3.05) is 18.6 Å². The van der Waals surface area contributed by atoms with Crippen LogP contribution < -0.4 is 5.32 Å². The Morgan fingerprint density at radius 1 is 1.42 bits per heavy atom. The third-order valence-corrected chi connectivity index (χ3v) is 4.47. The summed E-state index contributed by atoms with van der Waals surface area (Å²) in [6.07, 6.45) is 4.99. The Morgan fingerprint density at radius 2 is 2.21 bits per heavy atom. The first-order chi connectivity index (χ1) is 9.01. The van der Waals surface area contributed by atoms with Crippen molar-refractivity contribution in [2.45, 2.75) is 45.7 Å². The lowest BCUT2D eigenvalue weighted by Gasteiger charge is -2.16. The van der Waals surface area contributed by atoms with Crippen LogP contribution in [0, 0.1) is 0 Å². The fourth-order valence-corrected chi connectivity index (χ4v) is 3.24. The Bertz CT molecular complexity index is 534. The van der Waals surface area contributed by atoms with Gasteiger partial charge < -0.3 is 9.88 Å². The van der Waals surface area contributed by atoms with Gasteiger partial charge in [0.15, 0.2) is 0 Å². The van der Waals surface area contributed by atoms with Gasteiger partial charge >= 0.3 is 0 Å². The monoisotopic (exact) mass is 285 g/mol. The zero-order valence-corrected chi connectivity index (χ0v) is 12.6. The Kier molecular flexibility index (Phi) is 4.62. The highest BCUT2D eigenvalue weighted by molar-refractivity contribution is 7.90. The van der Waals surface area contributed by atoms with Crippen molar-refractivity contribution >= 4 is 9.84 Å². The number of fused-ring (bicyclic) bond motifs is 1. The molecule has 5 nitrogen and oxygen atoms in total. The molecule has 0 saturated carbocycles. The van der Waals surface area contributed by atoms with E-state index in [2.05, 4.69) is 16.8 Å². The van der Waals surface area contributed by atoms with Gasteiger partial charge in [0.25, 0.3) is 0 Å². The molecule has 1 aliphatic rings. The summed E-state index contributed by atoms with van der Waals surface area (Å²) < 4.78 is 24.7. The van der Waals surface area contributed by atoms with Gasteiger partial charge in [-0.25, -0.2) is 13.4 Å². The Hall–Kier alpha value is -0.880. The van der Waals surface area contributed by atoms with Gasteiger partial charge in [-0.15, -0.1) is 0 Å². The van der Waals surface area contributed by atoms with E-state index in [0.29, 0.717) is 6.42 Å². The average molecular weight is 285 g/mol. The highest BCUT2D eigenvalue weighted by Gasteiger charge is 2.19. The lowest BCUT2D eigenvalue weighted by atomic mass is 10.2. The minimum Gasteiger partial charge on any atom is -0.332 e. The number of aryl methyl sites for hydroxylation is 1. The van der Waals surface area contributed by atoms with E-state index in [1.807, 2.05) is 0 Å². The molecule has 108 valence electrons. The van der Waals surface area contributed by atoms with Crippen LogP contribution in [0.25, 0.3) is 0 Å². The molecule has 0 aromatic carbocycles. The molecule has 0 bridgehead atoms. The van der Waals surface area contributed by atoms with Gasteiger partial charge in [0.05, 0.1) is 11.4 Å². The van der Waals surface area contributed by atoms with Gasteiger partial charge in [0.2, 0.25) is 0 Å². The molecule has 2 heterocycles. The summed E-state index contributed by atoms with van der Waals surface area (Å²) in [5, 5.41) is 3.33. The lowest BCUT2D eigenvalue weighted by molar-refractivity contribution is 0.561. The molecule has 1 aromatic rings. The zero-order valence-electron chi connectivity index (χ0n) is 11.8. The molecule has 1 aromatic heterocycles. The van der Waals surface area contributed by atoms with Crippen LogP contribution >= 0.6 is 0 Å². The molecule has 1 aliphatic heterocycles. The van der Waals surface area contributed by atoms with Crippen molar-refractivity contribution in [1.29, 1.82) is 0 Å². The first-order valence-corrected chi connectivity index (χ1v) is 9.03. The fourth-order valence-electron chi connectivity index (χ4n) is 2.59. The second-order valence-electron chi connectivity index (χ2n) is 5.23. The van der Waals surface area contributed by atoms with Crippen molar-refractivity contribution in [3.63, 3.8) is 0 Å². The summed E-state index contributed by atoms with van der Waals surface area (Å²) in [6.45, 7) is 4.74. The number of aromatic nitrogens is 2. The van der Waals surface area contributed by atoms with E-state index in [-0.39, 0.29) is 5.75 Å². The lowest BCUT2D eigenvalue weighted by Crippen LogP contribution is -2.25. The van der Waals surface area contributed by atoms with Crippen LogP contribution in [0.5, 0.6) is 0 Å². The summed E-state index contributed by atoms with van der Waals surface area (Å²) in [4.78, 5) is 4.71. The molecule has 6 heteroatoms. The summed E-state index contributed by atoms with van der Waals surface area (Å²) >= 11 is 0. The minimum atomic E-state index is -2.87. The van der Waals surface area contributed by atoms with E-state index in [1.165, 1.54) is 11.9 Å². The van der Waals surface area contributed by atoms with E-state index in [9.17, 15) is 8.42 Å². The molecule has 0 radical (unpaired) electrons. The molecule has 0 spiro atoms.